The van der Waals surface area contributed by atoms with E-state index < -0.39 is 5.41 Å². The van der Waals surface area contributed by atoms with Crippen LogP contribution in [0.4, 0.5) is 17.1 Å². The number of hydrogen-bond donors (Lipinski definition) is 0. The molecule has 4 heteroatoms. The summed E-state index contributed by atoms with van der Waals surface area (Å²) in [7, 11) is 0. The van der Waals surface area contributed by atoms with Crippen molar-refractivity contribution in [3.63, 3.8) is 0 Å². The van der Waals surface area contributed by atoms with Gasteiger partial charge in [0.1, 0.15) is 0 Å². The van der Waals surface area contributed by atoms with Gasteiger partial charge in [-0.2, -0.15) is 0 Å². The SMILES string of the molecule is c1ccc(-c2cc(-c3ccccc3)nc(-c3cccc(-c4ccc5c(c4)c4ccccc4n5-c4ccc(N5c6ccccc6C(c6ccccc6)(c6ccccc6)c6ccccc65)cc4)c3)n2)cc1. The van der Waals surface area contributed by atoms with Crippen molar-refractivity contribution in [2.24, 2.45) is 0 Å². The van der Waals surface area contributed by atoms with E-state index >= 15 is 0 Å². The van der Waals surface area contributed by atoms with E-state index in [-0.39, 0.29) is 0 Å². The van der Waals surface area contributed by atoms with Crippen molar-refractivity contribution < 1.29 is 0 Å². The van der Waals surface area contributed by atoms with Crippen molar-refractivity contribution in [2.75, 3.05) is 4.90 Å². The lowest BCUT2D eigenvalue weighted by Crippen LogP contribution is -2.37. The molecular weight excluding hydrogens is 837 g/mol. The lowest BCUT2D eigenvalue weighted by atomic mass is 9.62. The fraction of sp³-hybridized carbons (Fsp3) is 0.0154. The molecule has 69 heavy (non-hydrogen) atoms. The number of para-hydroxylation sites is 3. The molecule has 0 atom stereocenters. The molecular formula is C65H44N4. The van der Waals surface area contributed by atoms with Crippen LogP contribution >= 0.6 is 0 Å². The maximum absolute atomic E-state index is 5.13. The first kappa shape index (κ1) is 40.2. The summed E-state index contributed by atoms with van der Waals surface area (Å²) in [6.45, 7) is 0. The lowest BCUT2D eigenvalue weighted by molar-refractivity contribution is 0.731. The standard InChI is InChI=1S/C65H44N4/c1-5-20-45(21-6-1)58-44-59(46-22-7-2-8-23-46)67-64(66-58)49-25-19-24-47(42-49)48-36-41-61-55(43-48)54-30-13-16-33-60(54)68(61)52-37-39-53(40-38-52)69-62-34-17-14-31-56(62)65(50-26-9-3-10-27-50,51-28-11-4-12-29-51)57-32-15-18-35-63(57)69/h1-44H. The van der Waals surface area contributed by atoms with Crippen molar-refractivity contribution in [1.29, 1.82) is 0 Å². The van der Waals surface area contributed by atoms with E-state index in [1.807, 2.05) is 12.1 Å². The molecule has 0 N–H and O–H groups in total. The molecule has 2 aromatic heterocycles. The molecule has 0 fully saturated rings. The minimum Gasteiger partial charge on any atom is -0.310 e. The Morgan fingerprint density at radius 2 is 0.768 bits per heavy atom. The van der Waals surface area contributed by atoms with Crippen LogP contribution in [0, 0.1) is 0 Å². The minimum absolute atomic E-state index is 0.511. The third-order valence-electron chi connectivity index (χ3n) is 13.9. The van der Waals surface area contributed by atoms with Gasteiger partial charge >= 0.3 is 0 Å². The summed E-state index contributed by atoms with van der Waals surface area (Å²) in [6.07, 6.45) is 0. The van der Waals surface area contributed by atoms with E-state index in [9.17, 15) is 0 Å². The first-order valence-corrected chi connectivity index (χ1v) is 23.6. The highest BCUT2D eigenvalue weighted by molar-refractivity contribution is 6.10. The Hall–Kier alpha value is -9.12. The number of anilines is 3. The Bertz CT molecular complexity index is 3680. The smallest absolute Gasteiger partial charge is 0.160 e. The van der Waals surface area contributed by atoms with Crippen LogP contribution in [0.25, 0.3) is 72.5 Å². The van der Waals surface area contributed by atoms with Gasteiger partial charge in [0.2, 0.25) is 0 Å². The van der Waals surface area contributed by atoms with Gasteiger partial charge < -0.3 is 9.47 Å². The molecule has 324 valence electrons. The number of hydrogen-bond acceptors (Lipinski definition) is 3. The normalized spacial score (nSPS) is 12.7. The van der Waals surface area contributed by atoms with E-state index in [4.69, 9.17) is 9.97 Å². The fourth-order valence-corrected chi connectivity index (χ4v) is 10.8. The van der Waals surface area contributed by atoms with E-state index in [0.29, 0.717) is 5.82 Å². The van der Waals surface area contributed by atoms with Gasteiger partial charge in [-0.25, -0.2) is 9.97 Å². The molecule has 0 saturated carbocycles. The second kappa shape index (κ2) is 16.6. The van der Waals surface area contributed by atoms with Crippen molar-refractivity contribution >= 4 is 38.9 Å². The van der Waals surface area contributed by atoms with E-state index in [1.54, 1.807) is 0 Å². The van der Waals surface area contributed by atoms with Gasteiger partial charge in [-0.15, -0.1) is 0 Å². The number of aromatic nitrogens is 3. The van der Waals surface area contributed by atoms with Gasteiger partial charge in [-0.3, -0.25) is 0 Å². The number of fused-ring (bicyclic) bond motifs is 5. The topological polar surface area (TPSA) is 34.0 Å². The van der Waals surface area contributed by atoms with Crippen LogP contribution < -0.4 is 4.90 Å². The summed E-state index contributed by atoms with van der Waals surface area (Å²) >= 11 is 0. The predicted molar refractivity (Wildman–Crippen MR) is 285 cm³/mol. The molecule has 3 heterocycles. The maximum atomic E-state index is 5.13. The third kappa shape index (κ3) is 6.68. The van der Waals surface area contributed by atoms with Crippen LogP contribution in [0.2, 0.25) is 0 Å². The zero-order chi connectivity index (χ0) is 45.7. The second-order valence-corrected chi connectivity index (χ2v) is 17.7. The predicted octanol–water partition coefficient (Wildman–Crippen LogP) is 16.4. The van der Waals surface area contributed by atoms with E-state index in [2.05, 4.69) is 264 Å². The number of benzene rings is 10. The van der Waals surface area contributed by atoms with Gasteiger partial charge in [0.05, 0.1) is 39.2 Å². The quantitative estimate of drug-likeness (QED) is 0.152. The van der Waals surface area contributed by atoms with Gasteiger partial charge in [-0.05, 0) is 100 Å². The first-order chi connectivity index (χ1) is 34.2. The summed E-state index contributed by atoms with van der Waals surface area (Å²) in [5.74, 6) is 0.696. The van der Waals surface area contributed by atoms with Crippen molar-refractivity contribution in [2.45, 2.75) is 5.41 Å². The van der Waals surface area contributed by atoms with Gasteiger partial charge in [0.15, 0.2) is 5.82 Å². The summed E-state index contributed by atoms with van der Waals surface area (Å²) in [6, 6.07) is 95.9. The molecule has 0 saturated heterocycles. The molecule has 0 bridgehead atoms. The molecule has 0 unspecified atom stereocenters. The zero-order valence-corrected chi connectivity index (χ0v) is 37.7. The van der Waals surface area contributed by atoms with Gasteiger partial charge in [0, 0.05) is 38.8 Å². The monoisotopic (exact) mass is 880 g/mol. The Morgan fingerprint density at radius 3 is 1.38 bits per heavy atom. The Labute approximate surface area is 401 Å². The molecule has 12 aromatic rings. The summed E-state index contributed by atoms with van der Waals surface area (Å²) in [5.41, 5.74) is 18.4. The Balaban J connectivity index is 0.896. The summed E-state index contributed by atoms with van der Waals surface area (Å²) < 4.78 is 2.40. The maximum Gasteiger partial charge on any atom is 0.160 e. The van der Waals surface area contributed by atoms with Crippen molar-refractivity contribution in [3.8, 4) is 50.7 Å². The van der Waals surface area contributed by atoms with Crippen LogP contribution in [-0.2, 0) is 5.41 Å². The molecule has 0 aliphatic carbocycles. The molecule has 4 nitrogen and oxygen atoms in total. The summed E-state index contributed by atoms with van der Waals surface area (Å²) in [5, 5.41) is 2.40. The molecule has 1 aliphatic heterocycles. The van der Waals surface area contributed by atoms with Gasteiger partial charge in [-0.1, -0.05) is 200 Å². The van der Waals surface area contributed by atoms with Crippen LogP contribution in [0.5, 0.6) is 0 Å². The van der Waals surface area contributed by atoms with Crippen LogP contribution in [-0.4, -0.2) is 14.5 Å². The highest BCUT2D eigenvalue weighted by Gasteiger charge is 2.46. The van der Waals surface area contributed by atoms with Crippen LogP contribution in [0.3, 0.4) is 0 Å². The average molecular weight is 881 g/mol. The third-order valence-corrected chi connectivity index (χ3v) is 13.9. The van der Waals surface area contributed by atoms with Crippen LogP contribution in [0.15, 0.2) is 267 Å². The number of rotatable bonds is 8. The molecule has 1 aliphatic rings. The molecule has 0 amide bonds. The highest BCUT2D eigenvalue weighted by atomic mass is 15.2. The van der Waals surface area contributed by atoms with Crippen molar-refractivity contribution in [1.82, 2.24) is 14.5 Å². The molecule has 10 aromatic carbocycles. The first-order valence-electron chi connectivity index (χ1n) is 23.6. The second-order valence-electron chi connectivity index (χ2n) is 17.7. The molecule has 13 rings (SSSR count). The summed E-state index contributed by atoms with van der Waals surface area (Å²) in [4.78, 5) is 12.7. The van der Waals surface area contributed by atoms with Crippen LogP contribution in [0.1, 0.15) is 22.3 Å². The Kier molecular flexibility index (Phi) is 9.69. The Morgan fingerprint density at radius 1 is 0.304 bits per heavy atom. The average Bonchev–Trinajstić information content (AvgIpc) is 3.77. The fourth-order valence-electron chi connectivity index (χ4n) is 10.8. The largest absolute Gasteiger partial charge is 0.310 e. The van der Waals surface area contributed by atoms with Gasteiger partial charge in [0.25, 0.3) is 0 Å². The van der Waals surface area contributed by atoms with E-state index in [0.717, 1.165) is 73.0 Å². The van der Waals surface area contributed by atoms with Crippen molar-refractivity contribution in [3.05, 3.63) is 289 Å². The number of nitrogens with zero attached hydrogens (tertiary/aromatic N) is 4. The lowest BCUT2D eigenvalue weighted by Gasteiger charge is -2.46. The minimum atomic E-state index is -0.511. The molecule has 0 radical (unpaired) electrons. The zero-order valence-electron chi connectivity index (χ0n) is 37.7. The van der Waals surface area contributed by atoms with E-state index in [1.165, 1.54) is 33.0 Å². The highest BCUT2D eigenvalue weighted by Crippen LogP contribution is 2.57. The molecule has 0 spiro atoms.